The summed E-state index contributed by atoms with van der Waals surface area (Å²) in [6.07, 6.45) is 1.69. The lowest BCUT2D eigenvalue weighted by molar-refractivity contribution is 1.36. The van der Waals surface area contributed by atoms with E-state index in [-0.39, 0.29) is 5.82 Å². The quantitative estimate of drug-likeness (QED) is 0.801. The van der Waals surface area contributed by atoms with E-state index in [1.807, 2.05) is 36.4 Å². The van der Waals surface area contributed by atoms with Crippen LogP contribution in [0, 0.1) is 11.3 Å². The highest BCUT2D eigenvalue weighted by atomic mass is 32.1. The molecule has 0 saturated carbocycles. The highest BCUT2D eigenvalue weighted by Gasteiger charge is 2.05. The number of nitrogens with zero attached hydrogens (tertiary/aromatic N) is 3. The number of hydrogen-bond donors (Lipinski definition) is 1. The monoisotopic (exact) mass is 228 g/mol. The minimum absolute atomic E-state index is 0.243. The molecule has 2 N–H and O–H groups in total. The van der Waals surface area contributed by atoms with E-state index in [0.717, 1.165) is 5.56 Å². The van der Waals surface area contributed by atoms with Crippen LogP contribution in [0.5, 0.6) is 0 Å². The smallest absolute Gasteiger partial charge is 0.212 e. The highest BCUT2D eigenvalue weighted by molar-refractivity contribution is 7.16. The van der Waals surface area contributed by atoms with Crippen molar-refractivity contribution in [2.75, 3.05) is 5.73 Å². The summed E-state index contributed by atoms with van der Waals surface area (Å²) in [7, 11) is 0. The maximum Gasteiger partial charge on any atom is 0.212 e. The molecule has 0 bridgehead atoms. The van der Waals surface area contributed by atoms with Gasteiger partial charge in [0.2, 0.25) is 5.13 Å². The van der Waals surface area contributed by atoms with Crippen LogP contribution < -0.4 is 5.73 Å². The zero-order valence-corrected chi connectivity index (χ0v) is 9.11. The number of nitriles is 1. The summed E-state index contributed by atoms with van der Waals surface area (Å²) in [4.78, 5) is 8.53. The minimum Gasteiger partial charge on any atom is -0.382 e. The number of aliphatic imine (C=N–C) groups is 1. The normalized spacial score (nSPS) is 10.4. The Balaban J connectivity index is 2.22. The van der Waals surface area contributed by atoms with Crippen LogP contribution >= 0.6 is 11.3 Å². The first-order valence-corrected chi connectivity index (χ1v) is 5.37. The lowest BCUT2D eigenvalue weighted by Crippen LogP contribution is -1.85. The predicted octanol–water partition coefficient (Wildman–Crippen LogP) is 2.35. The van der Waals surface area contributed by atoms with Gasteiger partial charge in [-0.2, -0.15) is 10.2 Å². The third-order valence-electron chi connectivity index (χ3n) is 1.87. The first kappa shape index (κ1) is 10.3. The molecule has 1 heterocycles. The van der Waals surface area contributed by atoms with E-state index < -0.39 is 0 Å². The molecule has 2 rings (SSSR count). The van der Waals surface area contributed by atoms with Crippen molar-refractivity contribution in [3.05, 3.63) is 40.8 Å². The van der Waals surface area contributed by atoms with Gasteiger partial charge in [-0.15, -0.1) is 0 Å². The van der Waals surface area contributed by atoms with Crippen molar-refractivity contribution >= 4 is 28.5 Å². The fourth-order valence-electron chi connectivity index (χ4n) is 1.12. The van der Waals surface area contributed by atoms with Gasteiger partial charge in [-0.1, -0.05) is 41.7 Å². The van der Waals surface area contributed by atoms with Gasteiger partial charge in [0, 0.05) is 6.21 Å². The summed E-state index contributed by atoms with van der Waals surface area (Å²) in [6.45, 7) is 0. The molecule has 0 fully saturated rings. The van der Waals surface area contributed by atoms with Crippen molar-refractivity contribution in [1.29, 1.82) is 5.26 Å². The highest BCUT2D eigenvalue weighted by Crippen LogP contribution is 2.25. The number of nitrogen functional groups attached to an aromatic ring is 1. The summed E-state index contributed by atoms with van der Waals surface area (Å²) in [5.41, 5.74) is 6.51. The fraction of sp³-hybridized carbons (Fsp3) is 0. The Kier molecular flexibility index (Phi) is 2.94. The zero-order valence-electron chi connectivity index (χ0n) is 8.29. The average Bonchev–Trinajstić information content (AvgIpc) is 2.69. The van der Waals surface area contributed by atoms with Crippen LogP contribution in [0.3, 0.4) is 0 Å². The molecule has 0 aliphatic carbocycles. The molecule has 0 aliphatic heterocycles. The Morgan fingerprint density at radius 2 is 2.12 bits per heavy atom. The number of anilines is 1. The van der Waals surface area contributed by atoms with E-state index in [9.17, 15) is 0 Å². The Bertz CT molecular complexity index is 551. The molecular formula is C11H8N4S. The molecule has 4 nitrogen and oxygen atoms in total. The predicted molar refractivity (Wildman–Crippen MR) is 64.9 cm³/mol. The van der Waals surface area contributed by atoms with Gasteiger partial charge < -0.3 is 5.73 Å². The van der Waals surface area contributed by atoms with Crippen molar-refractivity contribution in [3.8, 4) is 6.07 Å². The van der Waals surface area contributed by atoms with E-state index >= 15 is 0 Å². The van der Waals surface area contributed by atoms with E-state index in [4.69, 9.17) is 11.0 Å². The van der Waals surface area contributed by atoms with Crippen LogP contribution in [0.1, 0.15) is 10.4 Å². The maximum atomic E-state index is 8.71. The van der Waals surface area contributed by atoms with Crippen molar-refractivity contribution < 1.29 is 0 Å². The fourth-order valence-corrected chi connectivity index (χ4v) is 1.75. The van der Waals surface area contributed by atoms with Gasteiger partial charge in [0.15, 0.2) is 10.7 Å². The molecule has 1 aromatic heterocycles. The number of thiazole rings is 1. The maximum absolute atomic E-state index is 8.71. The summed E-state index contributed by atoms with van der Waals surface area (Å²) >= 11 is 1.18. The SMILES string of the molecule is N#Cc1sc(/N=C/c2ccccc2)nc1N. The van der Waals surface area contributed by atoms with Crippen LogP contribution in [-0.4, -0.2) is 11.2 Å². The summed E-state index contributed by atoms with van der Waals surface area (Å²) < 4.78 is 0. The van der Waals surface area contributed by atoms with Crippen molar-refractivity contribution in [1.82, 2.24) is 4.98 Å². The molecule has 0 spiro atoms. The Morgan fingerprint density at radius 3 is 2.75 bits per heavy atom. The van der Waals surface area contributed by atoms with Gasteiger partial charge in [0.25, 0.3) is 0 Å². The summed E-state index contributed by atoms with van der Waals surface area (Å²) in [6, 6.07) is 11.6. The molecule has 78 valence electrons. The van der Waals surface area contributed by atoms with Crippen molar-refractivity contribution in [2.24, 2.45) is 4.99 Å². The summed E-state index contributed by atoms with van der Waals surface area (Å²) in [5.74, 6) is 0.243. The molecule has 0 unspecified atom stereocenters. The lowest BCUT2D eigenvalue weighted by atomic mass is 10.2. The first-order valence-electron chi connectivity index (χ1n) is 4.55. The van der Waals surface area contributed by atoms with E-state index in [2.05, 4.69) is 9.98 Å². The first-order chi connectivity index (χ1) is 7.79. The van der Waals surface area contributed by atoms with Crippen LogP contribution in [0.4, 0.5) is 10.9 Å². The van der Waals surface area contributed by atoms with Crippen LogP contribution in [0.15, 0.2) is 35.3 Å². The largest absolute Gasteiger partial charge is 0.382 e. The van der Waals surface area contributed by atoms with Crippen LogP contribution in [-0.2, 0) is 0 Å². The van der Waals surface area contributed by atoms with E-state index in [1.165, 1.54) is 11.3 Å². The average molecular weight is 228 g/mol. The van der Waals surface area contributed by atoms with Gasteiger partial charge in [-0.25, -0.2) is 4.99 Å². The standard InChI is InChI=1S/C11H8N4S/c12-6-9-10(13)15-11(16-9)14-7-8-4-2-1-3-5-8/h1-5,7H,13H2/b14-7+. The number of aromatic nitrogens is 1. The van der Waals surface area contributed by atoms with E-state index in [0.29, 0.717) is 10.0 Å². The second-order valence-corrected chi connectivity index (χ2v) is 3.97. The van der Waals surface area contributed by atoms with Crippen molar-refractivity contribution in [2.45, 2.75) is 0 Å². The molecule has 0 atom stereocenters. The molecular weight excluding hydrogens is 220 g/mol. The van der Waals surface area contributed by atoms with Crippen LogP contribution in [0.2, 0.25) is 0 Å². The van der Waals surface area contributed by atoms with E-state index in [1.54, 1.807) is 6.21 Å². The topological polar surface area (TPSA) is 75.1 Å². The number of nitrogens with two attached hydrogens (primary N) is 1. The molecule has 1 aromatic carbocycles. The Morgan fingerprint density at radius 1 is 1.38 bits per heavy atom. The summed E-state index contributed by atoms with van der Waals surface area (Å²) in [5, 5.41) is 9.20. The lowest BCUT2D eigenvalue weighted by Gasteiger charge is -1.88. The Hall–Kier alpha value is -2.19. The molecule has 5 heteroatoms. The third-order valence-corrected chi connectivity index (χ3v) is 2.75. The number of rotatable bonds is 2. The van der Waals surface area contributed by atoms with Crippen molar-refractivity contribution in [3.63, 3.8) is 0 Å². The number of hydrogen-bond acceptors (Lipinski definition) is 5. The molecule has 2 aromatic rings. The Labute approximate surface area is 96.7 Å². The minimum atomic E-state index is 0.243. The zero-order chi connectivity index (χ0) is 11.4. The molecule has 0 aliphatic rings. The van der Waals surface area contributed by atoms with Gasteiger partial charge in [0.05, 0.1) is 0 Å². The van der Waals surface area contributed by atoms with Gasteiger partial charge in [-0.3, -0.25) is 0 Å². The van der Waals surface area contributed by atoms with Gasteiger partial charge in [0.1, 0.15) is 6.07 Å². The molecule has 0 radical (unpaired) electrons. The van der Waals surface area contributed by atoms with Gasteiger partial charge in [-0.05, 0) is 5.56 Å². The van der Waals surface area contributed by atoms with Crippen LogP contribution in [0.25, 0.3) is 0 Å². The van der Waals surface area contributed by atoms with Gasteiger partial charge >= 0.3 is 0 Å². The second kappa shape index (κ2) is 4.55. The molecule has 16 heavy (non-hydrogen) atoms. The molecule has 0 amide bonds. The molecule has 0 saturated heterocycles. The number of benzene rings is 1. The third kappa shape index (κ3) is 2.24. The second-order valence-electron chi connectivity index (χ2n) is 2.99.